The summed E-state index contributed by atoms with van der Waals surface area (Å²) in [5, 5.41) is 0. The third kappa shape index (κ3) is 12.5. The summed E-state index contributed by atoms with van der Waals surface area (Å²) in [6, 6.07) is 0. The Hall–Kier alpha value is 1.42. The molecular weight excluding hydrogens is 541 g/mol. The van der Waals surface area contributed by atoms with Crippen LogP contribution < -0.4 is 10.9 Å². The van der Waals surface area contributed by atoms with Gasteiger partial charge in [-0.05, 0) is 0 Å². The van der Waals surface area contributed by atoms with Gasteiger partial charge in [0, 0.05) is 81.8 Å². The van der Waals surface area contributed by atoms with Gasteiger partial charge in [0.1, 0.15) is 0 Å². The Bertz CT molecular complexity index is 201. The number of halogens is 2. The molecule has 6 nitrogen and oxygen atoms in total. The summed E-state index contributed by atoms with van der Waals surface area (Å²) in [5.41, 5.74) is 7.94. The van der Waals surface area contributed by atoms with E-state index >= 15 is 0 Å². The first-order chi connectivity index (χ1) is 7.54. The molecule has 0 saturated carbocycles. The topological polar surface area (TPSA) is 81.5 Å². The zero-order chi connectivity index (χ0) is 13.1. The number of nitrogens with zero attached hydrogens (tertiary/aromatic N) is 1. The van der Waals surface area contributed by atoms with Crippen molar-refractivity contribution in [3.63, 3.8) is 0 Å². The molecule has 0 aromatic heterocycles. The summed E-state index contributed by atoms with van der Waals surface area (Å²) < 4.78 is 0. The van der Waals surface area contributed by atoms with Crippen LogP contribution in [0.5, 0.6) is 0 Å². The van der Waals surface area contributed by atoms with E-state index in [1.807, 2.05) is 0 Å². The normalized spacial score (nSPS) is 11.4. The minimum Gasteiger partial charge on any atom is -0.571 e. The molecule has 18 heavy (non-hydrogen) atoms. The molecule has 2 amide bonds. The zero-order valence-electron chi connectivity index (χ0n) is 11.2. The fourth-order valence-electron chi connectivity index (χ4n) is 0.860. The van der Waals surface area contributed by atoms with Crippen LogP contribution in [-0.4, -0.2) is 26.0 Å². The average molecular weight is 560 g/mol. The summed E-state index contributed by atoms with van der Waals surface area (Å²) in [5.74, 6) is -1.52. The predicted molar refractivity (Wildman–Crippen MR) is 85.4 cm³/mol. The van der Waals surface area contributed by atoms with Crippen molar-refractivity contribution in [3.05, 3.63) is 12.9 Å². The van der Waals surface area contributed by atoms with E-state index in [2.05, 4.69) is 58.4 Å². The monoisotopic (exact) mass is 560 g/mol. The number of amides is 2. The van der Waals surface area contributed by atoms with Crippen LogP contribution in [0.1, 0.15) is 13.8 Å². The van der Waals surface area contributed by atoms with E-state index in [-0.39, 0.29) is 52.0 Å². The Kier molecular flexibility index (Phi) is 28.4. The van der Waals surface area contributed by atoms with Gasteiger partial charge in [-0.25, -0.2) is 5.48 Å². The van der Waals surface area contributed by atoms with E-state index in [1.54, 1.807) is 13.8 Å². The quantitative estimate of drug-likeness (QED) is 0.308. The van der Waals surface area contributed by atoms with Gasteiger partial charge >= 0.3 is 0 Å². The van der Waals surface area contributed by atoms with Crippen molar-refractivity contribution >= 4 is 49.0 Å². The van der Waals surface area contributed by atoms with Crippen molar-refractivity contribution in [2.45, 2.75) is 13.8 Å². The first kappa shape index (κ1) is 27.7. The molecule has 2 atom stereocenters. The molecule has 0 aliphatic rings. The number of hydroxylamine groups is 1. The Morgan fingerprint density at radius 3 is 1.89 bits per heavy atom. The average Bonchev–Trinajstić information content (AvgIpc) is 2.30. The maximum Gasteiger partial charge on any atom is 0.247 e. The van der Waals surface area contributed by atoms with Gasteiger partial charge in [-0.1, -0.05) is 13.8 Å². The molecule has 9 heteroatoms. The van der Waals surface area contributed by atoms with Crippen LogP contribution in [0.2, 0.25) is 0 Å². The molecule has 0 aromatic rings. The largest absolute Gasteiger partial charge is 0.571 e. The third-order valence-corrected chi connectivity index (χ3v) is 2.00. The molecule has 0 rings (SSSR count). The van der Waals surface area contributed by atoms with Crippen LogP contribution in [0.4, 0.5) is 0 Å². The van der Waals surface area contributed by atoms with Crippen LogP contribution in [0.25, 0.3) is 5.43 Å². The fourth-order valence-corrected chi connectivity index (χ4v) is 0.860. The van der Waals surface area contributed by atoms with Crippen molar-refractivity contribution in [2.75, 3.05) is 14.2 Å². The number of hydrogen-bond donors (Lipinski definition) is 2. The van der Waals surface area contributed by atoms with Gasteiger partial charge in [0.05, 0.1) is 7.11 Å². The van der Waals surface area contributed by atoms with E-state index < -0.39 is 11.8 Å². The molecule has 0 aliphatic carbocycles. The molecule has 0 saturated heterocycles. The Morgan fingerprint density at radius 2 is 1.56 bits per heavy atom. The Balaban J connectivity index is -0.000000232. The molecule has 1 radical (unpaired) electrons. The number of hydrogen-bond acceptors (Lipinski definition) is 3. The minimum atomic E-state index is -0.461. The van der Waals surface area contributed by atoms with Gasteiger partial charge < -0.3 is 18.3 Å². The standard InChI is InChI=1S/C8H16N3O3.CH3.I2.Y/c1-5(7(12)10-9-3)6(2)8(13)11-14-4;;1-2;/h5-6H,1-4H3,(H,10,12)(H,11,13);1H3;;/q2*-1;;/t5?,6-;;;/m0.../s1. The second-order valence-corrected chi connectivity index (χ2v) is 2.95. The van der Waals surface area contributed by atoms with Crippen LogP contribution >= 0.6 is 37.2 Å². The Labute approximate surface area is 158 Å². The second kappa shape index (κ2) is 18.4. The van der Waals surface area contributed by atoms with Crippen molar-refractivity contribution in [1.82, 2.24) is 10.9 Å². The summed E-state index contributed by atoms with van der Waals surface area (Å²) in [4.78, 5) is 27.0. The predicted octanol–water partition coefficient (Wildman–Crippen LogP) is 2.19. The van der Waals surface area contributed by atoms with E-state index in [1.165, 1.54) is 14.2 Å². The van der Waals surface area contributed by atoms with Gasteiger partial charge in [-0.15, -0.1) is 7.05 Å². The number of nitrogens with one attached hydrogen (secondary N) is 2. The fraction of sp³-hybridized carbons (Fsp3) is 0.667. The molecular formula is C9H19I2N3O3Y-2. The first-order valence-corrected chi connectivity index (χ1v) is 10.7. The van der Waals surface area contributed by atoms with E-state index in [9.17, 15) is 9.59 Å². The molecule has 0 bridgehead atoms. The van der Waals surface area contributed by atoms with Crippen LogP contribution in [0.15, 0.2) is 0 Å². The van der Waals surface area contributed by atoms with Crippen LogP contribution in [0, 0.1) is 19.3 Å². The SMILES string of the molecule is C[N-]NC(=O)C(C)[C@H](C)C(=O)NOC.II.[CH3-].[Y]. The maximum atomic E-state index is 11.3. The second-order valence-electron chi connectivity index (χ2n) is 2.95. The smallest absolute Gasteiger partial charge is 0.247 e. The molecule has 1 unspecified atom stereocenters. The Morgan fingerprint density at radius 1 is 1.17 bits per heavy atom. The third-order valence-electron chi connectivity index (χ3n) is 2.00. The molecule has 0 aliphatic heterocycles. The van der Waals surface area contributed by atoms with Gasteiger partial charge in [-0.3, -0.25) is 14.4 Å². The number of carbonyl (C=O) groups is 2. The molecule has 0 spiro atoms. The van der Waals surface area contributed by atoms with E-state index in [0.29, 0.717) is 0 Å². The van der Waals surface area contributed by atoms with Gasteiger partial charge in [0.15, 0.2) is 0 Å². The molecule has 0 fully saturated rings. The van der Waals surface area contributed by atoms with Gasteiger partial charge in [0.2, 0.25) is 11.8 Å². The maximum absolute atomic E-state index is 11.3. The van der Waals surface area contributed by atoms with Crippen molar-refractivity contribution in [2.24, 2.45) is 11.8 Å². The van der Waals surface area contributed by atoms with Crippen molar-refractivity contribution in [1.29, 1.82) is 0 Å². The first-order valence-electron chi connectivity index (χ1n) is 4.40. The van der Waals surface area contributed by atoms with Crippen LogP contribution in [0.3, 0.4) is 0 Å². The summed E-state index contributed by atoms with van der Waals surface area (Å²) in [6.45, 7) is 3.30. The zero-order valence-corrected chi connectivity index (χ0v) is 18.3. The molecule has 0 heterocycles. The van der Waals surface area contributed by atoms with Crippen LogP contribution in [-0.2, 0) is 47.1 Å². The van der Waals surface area contributed by atoms with Crippen molar-refractivity contribution in [3.8, 4) is 0 Å². The van der Waals surface area contributed by atoms with Gasteiger partial charge in [-0.2, -0.15) is 0 Å². The molecule has 2 N–H and O–H groups in total. The van der Waals surface area contributed by atoms with E-state index in [4.69, 9.17) is 0 Å². The minimum absolute atomic E-state index is 0. The number of carbonyl (C=O) groups excluding carboxylic acids is 2. The van der Waals surface area contributed by atoms with Crippen molar-refractivity contribution < 1.29 is 47.1 Å². The summed E-state index contributed by atoms with van der Waals surface area (Å²) in [6.07, 6.45) is 0. The molecule has 0 aromatic carbocycles. The van der Waals surface area contributed by atoms with Gasteiger partial charge in [0.25, 0.3) is 0 Å². The number of rotatable bonds is 5. The summed E-state index contributed by atoms with van der Waals surface area (Å²) >= 11 is 4.24. The molecule has 107 valence electrons. The summed E-state index contributed by atoms with van der Waals surface area (Å²) in [7, 11) is 2.81. The van der Waals surface area contributed by atoms with E-state index in [0.717, 1.165) is 0 Å².